The molecule has 0 aliphatic rings. The second kappa shape index (κ2) is 4.52. The van der Waals surface area contributed by atoms with Crippen molar-refractivity contribution in [2.45, 2.75) is 6.61 Å². The molecule has 16 heavy (non-hydrogen) atoms. The summed E-state index contributed by atoms with van der Waals surface area (Å²) in [5, 5.41) is 6.36. The van der Waals surface area contributed by atoms with E-state index in [0.717, 1.165) is 5.75 Å². The molecular weight excluding hydrogens is 208 g/mol. The smallest absolute Gasteiger partial charge is 0.239 e. The number of nitrogens with zero attached hydrogens (tertiary/aromatic N) is 2. The number of hydrogen-bond acceptors (Lipinski definition) is 5. The molecule has 0 amide bonds. The summed E-state index contributed by atoms with van der Waals surface area (Å²) in [5.41, 5.74) is 5.36. The molecular formula is C10H12N4O2. The average molecular weight is 220 g/mol. The highest BCUT2D eigenvalue weighted by atomic mass is 16.5. The number of nitrogens with two attached hydrogens (primary N) is 1. The molecule has 1 aromatic carbocycles. The Morgan fingerprint density at radius 1 is 1.38 bits per heavy atom. The van der Waals surface area contributed by atoms with Crippen LogP contribution in [0.15, 0.2) is 24.3 Å². The number of aromatic amines is 1. The van der Waals surface area contributed by atoms with Crippen LogP contribution in [0.25, 0.3) is 0 Å². The van der Waals surface area contributed by atoms with E-state index in [2.05, 4.69) is 15.2 Å². The van der Waals surface area contributed by atoms with Crippen LogP contribution in [0.3, 0.4) is 0 Å². The van der Waals surface area contributed by atoms with Crippen molar-refractivity contribution in [1.29, 1.82) is 0 Å². The maximum atomic E-state index is 5.48. The molecule has 2 rings (SSSR count). The highest BCUT2D eigenvalue weighted by molar-refractivity contribution is 5.32. The second-order valence-electron chi connectivity index (χ2n) is 3.11. The molecule has 6 nitrogen and oxygen atoms in total. The quantitative estimate of drug-likeness (QED) is 0.801. The van der Waals surface area contributed by atoms with Gasteiger partial charge in [-0.25, -0.2) is 0 Å². The van der Waals surface area contributed by atoms with Crippen molar-refractivity contribution in [3.8, 4) is 11.5 Å². The minimum atomic E-state index is 0.212. The van der Waals surface area contributed by atoms with E-state index in [4.69, 9.17) is 15.2 Å². The van der Waals surface area contributed by atoms with Gasteiger partial charge in [-0.05, 0) is 12.1 Å². The lowest BCUT2D eigenvalue weighted by atomic mass is 10.3. The van der Waals surface area contributed by atoms with Crippen LogP contribution < -0.4 is 15.2 Å². The highest BCUT2D eigenvalue weighted by Gasteiger charge is 2.01. The Morgan fingerprint density at radius 3 is 2.88 bits per heavy atom. The molecule has 0 fully saturated rings. The van der Waals surface area contributed by atoms with Crippen molar-refractivity contribution in [2.24, 2.45) is 0 Å². The predicted molar refractivity (Wildman–Crippen MR) is 58.1 cm³/mol. The summed E-state index contributed by atoms with van der Waals surface area (Å²) < 4.78 is 10.6. The Bertz CT molecular complexity index is 469. The van der Waals surface area contributed by atoms with E-state index in [1.807, 2.05) is 18.2 Å². The molecule has 0 aliphatic heterocycles. The van der Waals surface area contributed by atoms with E-state index in [-0.39, 0.29) is 12.6 Å². The van der Waals surface area contributed by atoms with Crippen LogP contribution >= 0.6 is 0 Å². The Hall–Kier alpha value is -2.24. The van der Waals surface area contributed by atoms with Crippen LogP contribution in [0.4, 0.5) is 5.95 Å². The zero-order valence-corrected chi connectivity index (χ0v) is 8.80. The van der Waals surface area contributed by atoms with Crippen molar-refractivity contribution < 1.29 is 9.47 Å². The number of ether oxygens (including phenoxy) is 2. The normalized spacial score (nSPS) is 10.1. The van der Waals surface area contributed by atoms with Gasteiger partial charge in [0.15, 0.2) is 5.82 Å². The Morgan fingerprint density at radius 2 is 2.19 bits per heavy atom. The fourth-order valence-corrected chi connectivity index (χ4v) is 1.22. The molecule has 0 aliphatic carbocycles. The third kappa shape index (κ3) is 2.41. The lowest BCUT2D eigenvalue weighted by molar-refractivity contribution is 0.294. The van der Waals surface area contributed by atoms with Gasteiger partial charge in [0.05, 0.1) is 7.11 Å². The number of nitrogens with one attached hydrogen (secondary N) is 1. The maximum Gasteiger partial charge on any atom is 0.239 e. The second-order valence-corrected chi connectivity index (χ2v) is 3.11. The van der Waals surface area contributed by atoms with Gasteiger partial charge in [-0.15, -0.1) is 5.10 Å². The monoisotopic (exact) mass is 220 g/mol. The molecule has 84 valence electrons. The molecule has 0 saturated heterocycles. The zero-order valence-electron chi connectivity index (χ0n) is 8.80. The van der Waals surface area contributed by atoms with E-state index < -0.39 is 0 Å². The number of benzene rings is 1. The summed E-state index contributed by atoms with van der Waals surface area (Å²) in [6, 6.07) is 7.32. The summed E-state index contributed by atoms with van der Waals surface area (Å²) in [5.74, 6) is 2.24. The van der Waals surface area contributed by atoms with Crippen LogP contribution in [0.5, 0.6) is 11.5 Å². The van der Waals surface area contributed by atoms with Gasteiger partial charge in [0.2, 0.25) is 5.95 Å². The topological polar surface area (TPSA) is 86.1 Å². The van der Waals surface area contributed by atoms with E-state index in [1.54, 1.807) is 13.2 Å². The lowest BCUT2D eigenvalue weighted by Crippen LogP contribution is -1.98. The fourth-order valence-electron chi connectivity index (χ4n) is 1.22. The molecule has 1 heterocycles. The molecule has 3 N–H and O–H groups in total. The third-order valence-corrected chi connectivity index (χ3v) is 1.97. The average Bonchev–Trinajstić information content (AvgIpc) is 2.73. The van der Waals surface area contributed by atoms with Crippen LogP contribution in [-0.2, 0) is 6.61 Å². The van der Waals surface area contributed by atoms with Crippen LogP contribution in [0.1, 0.15) is 5.82 Å². The van der Waals surface area contributed by atoms with Crippen molar-refractivity contribution in [3.05, 3.63) is 30.1 Å². The first kappa shape index (κ1) is 10.3. The Kier molecular flexibility index (Phi) is 2.90. The first-order valence-corrected chi connectivity index (χ1v) is 4.71. The molecule has 0 spiro atoms. The minimum Gasteiger partial charge on any atom is -0.497 e. The molecule has 0 atom stereocenters. The minimum absolute atomic E-state index is 0.212. The number of rotatable bonds is 4. The number of methoxy groups -OCH3 is 1. The van der Waals surface area contributed by atoms with Gasteiger partial charge in [0.25, 0.3) is 0 Å². The van der Waals surface area contributed by atoms with Crippen molar-refractivity contribution in [3.63, 3.8) is 0 Å². The predicted octanol–water partition coefficient (Wildman–Crippen LogP) is 0.974. The number of aromatic nitrogens is 3. The number of hydrogen-bond donors (Lipinski definition) is 2. The van der Waals surface area contributed by atoms with Crippen LogP contribution in [0.2, 0.25) is 0 Å². The van der Waals surface area contributed by atoms with Gasteiger partial charge >= 0.3 is 0 Å². The first-order valence-electron chi connectivity index (χ1n) is 4.71. The molecule has 1 aromatic heterocycles. The summed E-state index contributed by atoms with van der Waals surface area (Å²) >= 11 is 0. The molecule has 0 unspecified atom stereocenters. The number of nitrogen functional groups attached to an aromatic ring is 1. The van der Waals surface area contributed by atoms with Crippen molar-refractivity contribution in [1.82, 2.24) is 15.2 Å². The van der Waals surface area contributed by atoms with E-state index in [0.29, 0.717) is 11.6 Å². The van der Waals surface area contributed by atoms with Gasteiger partial charge in [-0.3, -0.25) is 5.10 Å². The highest BCUT2D eigenvalue weighted by Crippen LogP contribution is 2.19. The summed E-state index contributed by atoms with van der Waals surface area (Å²) in [6.07, 6.45) is 0. The van der Waals surface area contributed by atoms with Crippen LogP contribution in [-0.4, -0.2) is 22.3 Å². The van der Waals surface area contributed by atoms with Gasteiger partial charge in [0, 0.05) is 6.07 Å². The lowest BCUT2D eigenvalue weighted by Gasteiger charge is -2.05. The van der Waals surface area contributed by atoms with E-state index in [1.165, 1.54) is 0 Å². The van der Waals surface area contributed by atoms with Crippen molar-refractivity contribution >= 4 is 5.95 Å². The largest absolute Gasteiger partial charge is 0.497 e. The van der Waals surface area contributed by atoms with Gasteiger partial charge in [-0.2, -0.15) is 4.98 Å². The molecule has 0 bridgehead atoms. The van der Waals surface area contributed by atoms with Crippen LogP contribution in [0, 0.1) is 0 Å². The van der Waals surface area contributed by atoms with Crippen molar-refractivity contribution in [2.75, 3.05) is 12.8 Å². The van der Waals surface area contributed by atoms with E-state index in [9.17, 15) is 0 Å². The fraction of sp³-hybridized carbons (Fsp3) is 0.200. The summed E-state index contributed by atoms with van der Waals surface area (Å²) in [6.45, 7) is 0.289. The maximum absolute atomic E-state index is 5.48. The molecule has 0 radical (unpaired) electrons. The zero-order chi connectivity index (χ0) is 11.4. The first-order chi connectivity index (χ1) is 7.78. The summed E-state index contributed by atoms with van der Waals surface area (Å²) in [4.78, 5) is 3.92. The standard InChI is InChI=1S/C10H12N4O2/c1-15-7-3-2-4-8(5-7)16-6-9-12-10(11)14-13-9/h2-5H,6H2,1H3,(H3,11,12,13,14). The number of anilines is 1. The molecule has 6 heteroatoms. The third-order valence-electron chi connectivity index (χ3n) is 1.97. The Balaban J connectivity index is 1.99. The SMILES string of the molecule is COc1cccc(OCc2nc(N)n[nH]2)c1. The molecule has 0 saturated carbocycles. The van der Waals surface area contributed by atoms with Gasteiger partial charge in [0.1, 0.15) is 18.1 Å². The van der Waals surface area contributed by atoms with E-state index >= 15 is 0 Å². The molecule has 2 aromatic rings. The number of H-pyrrole nitrogens is 1. The Labute approximate surface area is 92.4 Å². The summed E-state index contributed by atoms with van der Waals surface area (Å²) in [7, 11) is 1.61. The van der Waals surface area contributed by atoms with Gasteiger partial charge < -0.3 is 15.2 Å². The van der Waals surface area contributed by atoms with Gasteiger partial charge in [-0.1, -0.05) is 6.07 Å².